The highest BCUT2D eigenvalue weighted by atomic mass is 32.2. The van der Waals surface area contributed by atoms with Gasteiger partial charge in [-0.3, -0.25) is 0 Å². The Labute approximate surface area is 54.8 Å². The highest BCUT2D eigenvalue weighted by molar-refractivity contribution is 7.96. The van der Waals surface area contributed by atoms with Crippen molar-refractivity contribution < 1.29 is 4.74 Å². The van der Waals surface area contributed by atoms with Crippen LogP contribution in [0.3, 0.4) is 0 Å². The zero-order chi connectivity index (χ0) is 6.41. The van der Waals surface area contributed by atoms with Crippen LogP contribution in [0.25, 0.3) is 0 Å². The van der Waals surface area contributed by atoms with Crippen molar-refractivity contribution in [3.8, 4) is 0 Å². The van der Waals surface area contributed by atoms with Gasteiger partial charge in [-0.05, 0) is 13.8 Å². The van der Waals surface area contributed by atoms with E-state index in [0.717, 1.165) is 5.94 Å². The Morgan fingerprint density at radius 2 is 1.75 bits per heavy atom. The lowest BCUT2D eigenvalue weighted by Crippen LogP contribution is -2.13. The predicted octanol–water partition coefficient (Wildman–Crippen LogP) is 1.25. The van der Waals surface area contributed by atoms with E-state index in [-0.39, 0.29) is 0 Å². The van der Waals surface area contributed by atoms with Crippen molar-refractivity contribution in [1.82, 2.24) is 0 Å². The van der Waals surface area contributed by atoms with Crippen molar-refractivity contribution in [2.75, 3.05) is 24.6 Å². The second-order valence-corrected chi connectivity index (χ2v) is 4.21. The second kappa shape index (κ2) is 5.45. The SMILES string of the molecule is CC[S+](CC)COC. The molecule has 50 valence electrons. The lowest BCUT2D eigenvalue weighted by atomic mass is 11.0. The Morgan fingerprint density at radius 1 is 1.25 bits per heavy atom. The summed E-state index contributed by atoms with van der Waals surface area (Å²) >= 11 is 0. The van der Waals surface area contributed by atoms with E-state index in [1.807, 2.05) is 0 Å². The first kappa shape index (κ1) is 8.31. The van der Waals surface area contributed by atoms with Gasteiger partial charge >= 0.3 is 0 Å². The van der Waals surface area contributed by atoms with Gasteiger partial charge in [-0.1, -0.05) is 0 Å². The fourth-order valence-electron chi connectivity index (χ4n) is 0.537. The summed E-state index contributed by atoms with van der Waals surface area (Å²) < 4.78 is 5.00. The van der Waals surface area contributed by atoms with Crippen LogP contribution in [-0.4, -0.2) is 24.6 Å². The summed E-state index contributed by atoms with van der Waals surface area (Å²) in [6.45, 7) is 4.43. The van der Waals surface area contributed by atoms with Gasteiger partial charge in [0.15, 0.2) is 0 Å². The van der Waals surface area contributed by atoms with Gasteiger partial charge in [0, 0.05) is 18.0 Å². The van der Waals surface area contributed by atoms with Gasteiger partial charge in [0.25, 0.3) is 0 Å². The van der Waals surface area contributed by atoms with Crippen molar-refractivity contribution in [3.63, 3.8) is 0 Å². The van der Waals surface area contributed by atoms with E-state index in [1.54, 1.807) is 7.11 Å². The fraction of sp³-hybridized carbons (Fsp3) is 1.00. The number of ether oxygens (including phenoxy) is 1. The van der Waals surface area contributed by atoms with E-state index in [9.17, 15) is 0 Å². The molecule has 0 saturated heterocycles. The van der Waals surface area contributed by atoms with Crippen molar-refractivity contribution in [3.05, 3.63) is 0 Å². The van der Waals surface area contributed by atoms with Gasteiger partial charge in [-0.25, -0.2) is 0 Å². The van der Waals surface area contributed by atoms with Gasteiger partial charge < -0.3 is 4.74 Å². The van der Waals surface area contributed by atoms with Crippen LogP contribution >= 0.6 is 0 Å². The van der Waals surface area contributed by atoms with Crippen LogP contribution in [0.5, 0.6) is 0 Å². The first-order valence-electron chi connectivity index (χ1n) is 2.98. The molecule has 0 rings (SSSR count). The van der Waals surface area contributed by atoms with Crippen molar-refractivity contribution in [1.29, 1.82) is 0 Å². The summed E-state index contributed by atoms with van der Waals surface area (Å²) in [6, 6.07) is 0. The molecule has 1 nitrogen and oxygen atoms in total. The minimum Gasteiger partial charge on any atom is -0.339 e. The van der Waals surface area contributed by atoms with Gasteiger partial charge in [0.1, 0.15) is 11.5 Å². The first-order chi connectivity index (χ1) is 3.85. The predicted molar refractivity (Wildman–Crippen MR) is 40.3 cm³/mol. The zero-order valence-electron chi connectivity index (χ0n) is 5.94. The molecule has 0 saturated carbocycles. The molecule has 0 bridgehead atoms. The number of hydrogen-bond donors (Lipinski definition) is 0. The van der Waals surface area contributed by atoms with E-state index < -0.39 is 0 Å². The summed E-state index contributed by atoms with van der Waals surface area (Å²) in [6.07, 6.45) is 0. The highest BCUT2D eigenvalue weighted by Crippen LogP contribution is 1.94. The van der Waals surface area contributed by atoms with Crippen molar-refractivity contribution >= 4 is 10.9 Å². The number of methoxy groups -OCH3 is 1. The molecule has 0 aliphatic heterocycles. The Morgan fingerprint density at radius 3 is 1.88 bits per heavy atom. The molecular formula is C6H15OS+. The van der Waals surface area contributed by atoms with Crippen molar-refractivity contribution in [2.45, 2.75) is 13.8 Å². The van der Waals surface area contributed by atoms with Gasteiger partial charge in [-0.15, -0.1) is 0 Å². The van der Waals surface area contributed by atoms with Crippen molar-refractivity contribution in [2.24, 2.45) is 0 Å². The van der Waals surface area contributed by atoms with Crippen LogP contribution in [0, 0.1) is 0 Å². The van der Waals surface area contributed by atoms with E-state index in [2.05, 4.69) is 13.8 Å². The first-order valence-corrected chi connectivity index (χ1v) is 4.71. The minimum absolute atomic E-state index is 0.539. The summed E-state index contributed by atoms with van der Waals surface area (Å²) in [7, 11) is 2.31. The van der Waals surface area contributed by atoms with Crippen LogP contribution in [0.2, 0.25) is 0 Å². The Hall–Kier alpha value is 0.310. The minimum atomic E-state index is 0.539. The average molecular weight is 135 g/mol. The summed E-state index contributed by atoms with van der Waals surface area (Å²) in [5, 5.41) is 0. The molecule has 0 aliphatic rings. The molecule has 0 spiro atoms. The molecule has 0 heterocycles. The average Bonchev–Trinajstić information content (AvgIpc) is 1.83. The molecule has 0 aliphatic carbocycles. The molecule has 0 radical (unpaired) electrons. The molecule has 0 aromatic carbocycles. The third-order valence-corrected chi connectivity index (χ3v) is 3.30. The zero-order valence-corrected chi connectivity index (χ0v) is 6.75. The molecule has 0 unspecified atom stereocenters. The maximum atomic E-state index is 5.00. The quantitative estimate of drug-likeness (QED) is 0.527. The standard InChI is InChI=1S/C6H15OS/c1-4-8(5-2)6-7-3/h4-6H2,1-3H3/q+1. The maximum Gasteiger partial charge on any atom is 0.207 e. The lowest BCUT2D eigenvalue weighted by Gasteiger charge is -1.99. The molecule has 0 atom stereocenters. The molecule has 0 aromatic heterocycles. The Balaban J connectivity index is 3.07. The molecular weight excluding hydrogens is 120 g/mol. The lowest BCUT2D eigenvalue weighted by molar-refractivity contribution is 0.256. The Kier molecular flexibility index (Phi) is 5.66. The molecule has 8 heavy (non-hydrogen) atoms. The van der Waals surface area contributed by atoms with Crippen LogP contribution in [-0.2, 0) is 15.6 Å². The largest absolute Gasteiger partial charge is 0.339 e. The summed E-state index contributed by atoms with van der Waals surface area (Å²) in [5.41, 5.74) is 0. The topological polar surface area (TPSA) is 9.23 Å². The van der Waals surface area contributed by atoms with Crippen LogP contribution in [0.4, 0.5) is 0 Å². The van der Waals surface area contributed by atoms with Gasteiger partial charge in [0.2, 0.25) is 5.94 Å². The monoisotopic (exact) mass is 135 g/mol. The normalized spacial score (nSPS) is 10.5. The molecule has 0 N–H and O–H groups in total. The smallest absolute Gasteiger partial charge is 0.207 e. The van der Waals surface area contributed by atoms with Gasteiger partial charge in [0.05, 0.1) is 0 Å². The molecule has 0 amide bonds. The third-order valence-electron chi connectivity index (χ3n) is 1.10. The summed E-state index contributed by atoms with van der Waals surface area (Å²) in [5.74, 6) is 3.49. The highest BCUT2D eigenvalue weighted by Gasteiger charge is 2.09. The fourth-order valence-corrected chi connectivity index (χ4v) is 1.61. The van der Waals surface area contributed by atoms with Crippen LogP contribution in [0.1, 0.15) is 13.8 Å². The van der Waals surface area contributed by atoms with E-state index in [0.29, 0.717) is 10.9 Å². The number of rotatable bonds is 4. The maximum absolute atomic E-state index is 5.00. The van der Waals surface area contributed by atoms with E-state index in [4.69, 9.17) is 4.74 Å². The van der Waals surface area contributed by atoms with Gasteiger partial charge in [-0.2, -0.15) is 0 Å². The van der Waals surface area contributed by atoms with E-state index in [1.165, 1.54) is 11.5 Å². The number of hydrogen-bond acceptors (Lipinski definition) is 1. The van der Waals surface area contributed by atoms with E-state index >= 15 is 0 Å². The third kappa shape index (κ3) is 3.33. The summed E-state index contributed by atoms with van der Waals surface area (Å²) in [4.78, 5) is 0. The molecule has 0 aromatic rings. The van der Waals surface area contributed by atoms with Crippen LogP contribution in [0.15, 0.2) is 0 Å². The molecule has 2 heteroatoms. The second-order valence-electron chi connectivity index (χ2n) is 1.60. The van der Waals surface area contributed by atoms with Crippen LogP contribution < -0.4 is 0 Å². The molecule has 0 fully saturated rings. The Bertz CT molecular complexity index is 43.8.